The van der Waals surface area contributed by atoms with Crippen molar-refractivity contribution in [3.63, 3.8) is 0 Å². The van der Waals surface area contributed by atoms with Crippen LogP contribution >= 0.6 is 22.6 Å². The molecule has 0 saturated heterocycles. The Balaban J connectivity index is 1.93. The van der Waals surface area contributed by atoms with Crippen molar-refractivity contribution in [2.75, 3.05) is 0 Å². The SMILES string of the molecule is CCCCCCCCCC(I)CC(CC(=O)O)n1cc(O)c2ccccc21. The monoisotopic (exact) mass is 485 g/mol. The average Bonchev–Trinajstić information content (AvgIpc) is 2.97. The summed E-state index contributed by atoms with van der Waals surface area (Å²) >= 11 is 2.47. The van der Waals surface area contributed by atoms with Crippen LogP contribution in [0.1, 0.15) is 77.2 Å². The topological polar surface area (TPSA) is 62.5 Å². The molecular formula is C22H32INO3. The summed E-state index contributed by atoms with van der Waals surface area (Å²) in [5.74, 6) is -0.574. The predicted octanol–water partition coefficient (Wildman–Crippen LogP) is 6.70. The van der Waals surface area contributed by atoms with E-state index in [-0.39, 0.29) is 18.2 Å². The summed E-state index contributed by atoms with van der Waals surface area (Å²) in [6, 6.07) is 7.50. The van der Waals surface area contributed by atoms with Crippen LogP contribution in [-0.2, 0) is 4.79 Å². The average molecular weight is 485 g/mol. The fourth-order valence-electron chi connectivity index (χ4n) is 3.72. The summed E-state index contributed by atoms with van der Waals surface area (Å²) in [4.78, 5) is 11.4. The molecule has 2 rings (SSSR count). The maximum absolute atomic E-state index is 11.4. The Morgan fingerprint density at radius 2 is 1.78 bits per heavy atom. The molecule has 2 N–H and O–H groups in total. The molecule has 27 heavy (non-hydrogen) atoms. The Labute approximate surface area is 176 Å². The lowest BCUT2D eigenvalue weighted by molar-refractivity contribution is -0.137. The maximum Gasteiger partial charge on any atom is 0.305 e. The first kappa shape index (κ1) is 22.1. The van der Waals surface area contributed by atoms with Gasteiger partial charge < -0.3 is 14.8 Å². The van der Waals surface area contributed by atoms with Gasteiger partial charge in [-0.1, -0.05) is 86.6 Å². The van der Waals surface area contributed by atoms with Gasteiger partial charge in [0, 0.05) is 21.5 Å². The lowest BCUT2D eigenvalue weighted by Gasteiger charge is -2.21. The highest BCUT2D eigenvalue weighted by molar-refractivity contribution is 14.1. The Hall–Kier alpha value is -1.24. The van der Waals surface area contributed by atoms with Gasteiger partial charge in [-0.05, 0) is 25.0 Å². The third-order valence-electron chi connectivity index (χ3n) is 5.17. The zero-order valence-corrected chi connectivity index (χ0v) is 18.4. The number of aromatic nitrogens is 1. The minimum Gasteiger partial charge on any atom is -0.506 e. The summed E-state index contributed by atoms with van der Waals surface area (Å²) in [6.45, 7) is 2.24. The molecule has 0 aliphatic heterocycles. The molecule has 1 aromatic heterocycles. The van der Waals surface area contributed by atoms with Crippen molar-refractivity contribution >= 4 is 39.5 Å². The Bertz CT molecular complexity index is 713. The standard InChI is InChI=1S/C22H32INO3/c1-2-3-4-5-6-7-8-11-17(23)14-18(15-22(26)27)24-16-21(25)19-12-9-10-13-20(19)24/h9-10,12-13,16-18,25H,2-8,11,14-15H2,1H3,(H,26,27). The van der Waals surface area contributed by atoms with Gasteiger partial charge >= 0.3 is 5.97 Å². The summed E-state index contributed by atoms with van der Waals surface area (Å²) in [5.41, 5.74) is 0.903. The van der Waals surface area contributed by atoms with E-state index in [1.807, 2.05) is 28.8 Å². The first-order chi connectivity index (χ1) is 13.0. The number of carbonyl (C=O) groups is 1. The normalized spacial score (nSPS) is 13.7. The second-order valence-corrected chi connectivity index (χ2v) is 9.20. The molecule has 150 valence electrons. The van der Waals surface area contributed by atoms with Crippen molar-refractivity contribution in [1.29, 1.82) is 0 Å². The van der Waals surface area contributed by atoms with Gasteiger partial charge in [-0.25, -0.2) is 0 Å². The molecule has 4 nitrogen and oxygen atoms in total. The number of carboxylic acid groups (broad SMARTS) is 1. The van der Waals surface area contributed by atoms with Gasteiger partial charge in [-0.3, -0.25) is 4.79 Å². The van der Waals surface area contributed by atoms with E-state index in [4.69, 9.17) is 0 Å². The smallest absolute Gasteiger partial charge is 0.305 e. The van der Waals surface area contributed by atoms with Crippen LogP contribution in [0.3, 0.4) is 0 Å². The number of benzene rings is 1. The maximum atomic E-state index is 11.4. The van der Waals surface area contributed by atoms with Gasteiger partial charge in [0.2, 0.25) is 0 Å². The van der Waals surface area contributed by atoms with E-state index in [2.05, 4.69) is 29.5 Å². The molecule has 2 atom stereocenters. The van der Waals surface area contributed by atoms with E-state index in [1.54, 1.807) is 6.20 Å². The molecule has 1 heterocycles. The van der Waals surface area contributed by atoms with Gasteiger partial charge in [0.25, 0.3) is 0 Å². The number of aliphatic carboxylic acids is 1. The summed E-state index contributed by atoms with van der Waals surface area (Å²) < 4.78 is 2.39. The van der Waals surface area contributed by atoms with Crippen LogP contribution in [-0.4, -0.2) is 24.7 Å². The first-order valence-corrected chi connectivity index (χ1v) is 11.4. The fourth-order valence-corrected chi connectivity index (χ4v) is 4.75. The third-order valence-corrected chi connectivity index (χ3v) is 6.30. The van der Waals surface area contributed by atoms with E-state index < -0.39 is 5.97 Å². The minimum absolute atomic E-state index is 0.0780. The summed E-state index contributed by atoms with van der Waals surface area (Å²) in [6.07, 6.45) is 12.8. The number of unbranched alkanes of at least 4 members (excludes halogenated alkanes) is 6. The quantitative estimate of drug-likeness (QED) is 0.189. The molecule has 0 aliphatic rings. The van der Waals surface area contributed by atoms with E-state index in [0.717, 1.165) is 23.7 Å². The lowest BCUT2D eigenvalue weighted by atomic mass is 10.0. The van der Waals surface area contributed by atoms with Crippen LogP contribution in [0, 0.1) is 0 Å². The molecule has 0 fully saturated rings. The molecule has 1 aromatic carbocycles. The second kappa shape index (κ2) is 11.6. The highest BCUT2D eigenvalue weighted by Gasteiger charge is 2.22. The number of alkyl halides is 1. The van der Waals surface area contributed by atoms with E-state index >= 15 is 0 Å². The molecular weight excluding hydrogens is 453 g/mol. The van der Waals surface area contributed by atoms with Gasteiger partial charge in [0.1, 0.15) is 5.75 Å². The molecule has 0 spiro atoms. The molecule has 0 radical (unpaired) electrons. The molecule has 0 bridgehead atoms. The Kier molecular flexibility index (Phi) is 9.45. The highest BCUT2D eigenvalue weighted by atomic mass is 127. The predicted molar refractivity (Wildman–Crippen MR) is 120 cm³/mol. The fraction of sp³-hybridized carbons (Fsp3) is 0.591. The second-order valence-electron chi connectivity index (χ2n) is 7.43. The number of nitrogens with zero attached hydrogens (tertiary/aromatic N) is 1. The zero-order chi connectivity index (χ0) is 19.6. The number of fused-ring (bicyclic) bond motifs is 1. The van der Waals surface area contributed by atoms with Crippen molar-refractivity contribution < 1.29 is 15.0 Å². The molecule has 0 aliphatic carbocycles. The van der Waals surface area contributed by atoms with Gasteiger partial charge in [0.05, 0.1) is 11.9 Å². The van der Waals surface area contributed by atoms with Crippen molar-refractivity contribution in [2.24, 2.45) is 0 Å². The van der Waals surface area contributed by atoms with Gasteiger partial charge in [0.15, 0.2) is 0 Å². The number of hydrogen-bond donors (Lipinski definition) is 2. The largest absolute Gasteiger partial charge is 0.506 e. The number of carboxylic acids is 1. The van der Waals surface area contributed by atoms with Crippen LogP contribution < -0.4 is 0 Å². The molecule has 0 saturated carbocycles. The molecule has 5 heteroatoms. The molecule has 0 amide bonds. The van der Waals surface area contributed by atoms with Crippen molar-refractivity contribution in [2.45, 2.75) is 81.1 Å². The van der Waals surface area contributed by atoms with Gasteiger partial charge in [-0.2, -0.15) is 0 Å². The summed E-state index contributed by atoms with van der Waals surface area (Å²) in [5, 5.41) is 20.4. The minimum atomic E-state index is -0.795. The van der Waals surface area contributed by atoms with Crippen molar-refractivity contribution in [3.8, 4) is 5.75 Å². The lowest BCUT2D eigenvalue weighted by Crippen LogP contribution is -2.17. The van der Waals surface area contributed by atoms with Crippen LogP contribution in [0.25, 0.3) is 10.9 Å². The van der Waals surface area contributed by atoms with E-state index in [1.165, 1.54) is 44.9 Å². The Morgan fingerprint density at radius 1 is 1.11 bits per heavy atom. The van der Waals surface area contributed by atoms with Gasteiger partial charge in [-0.15, -0.1) is 0 Å². The zero-order valence-electron chi connectivity index (χ0n) is 16.2. The number of aromatic hydroxyl groups is 1. The molecule has 2 unspecified atom stereocenters. The van der Waals surface area contributed by atoms with Crippen molar-refractivity contribution in [3.05, 3.63) is 30.5 Å². The van der Waals surface area contributed by atoms with Crippen LogP contribution in [0.15, 0.2) is 30.5 Å². The first-order valence-electron chi connectivity index (χ1n) is 10.2. The third kappa shape index (κ3) is 7.01. The van der Waals surface area contributed by atoms with E-state index in [9.17, 15) is 15.0 Å². The molecule has 2 aromatic rings. The summed E-state index contributed by atoms with van der Waals surface area (Å²) in [7, 11) is 0. The van der Waals surface area contributed by atoms with Crippen LogP contribution in [0.5, 0.6) is 5.75 Å². The number of halogens is 1. The van der Waals surface area contributed by atoms with E-state index in [0.29, 0.717) is 3.92 Å². The Morgan fingerprint density at radius 3 is 2.48 bits per heavy atom. The van der Waals surface area contributed by atoms with Crippen LogP contribution in [0.4, 0.5) is 0 Å². The highest BCUT2D eigenvalue weighted by Crippen LogP contribution is 2.34. The number of rotatable bonds is 13. The number of para-hydroxylation sites is 1. The van der Waals surface area contributed by atoms with Crippen molar-refractivity contribution in [1.82, 2.24) is 4.57 Å². The van der Waals surface area contributed by atoms with Crippen LogP contribution in [0.2, 0.25) is 0 Å². The number of hydrogen-bond acceptors (Lipinski definition) is 2.